The second kappa shape index (κ2) is 8.33. The SMILES string of the molecule is COCCn1c([C@@H](C)NC(=O)c2ccc(Cl)cc2)nc2ccccc2c1=O. The highest BCUT2D eigenvalue weighted by atomic mass is 35.5. The molecule has 1 N–H and O–H groups in total. The number of aromatic nitrogens is 2. The predicted octanol–water partition coefficient (Wildman–Crippen LogP) is 3.19. The minimum absolute atomic E-state index is 0.153. The van der Waals surface area contributed by atoms with Crippen LogP contribution in [0.15, 0.2) is 53.3 Å². The maximum atomic E-state index is 12.9. The van der Waals surface area contributed by atoms with Crippen LogP contribution in [-0.2, 0) is 11.3 Å². The van der Waals surface area contributed by atoms with E-state index >= 15 is 0 Å². The number of halogens is 1. The Morgan fingerprint density at radius 2 is 1.93 bits per heavy atom. The Labute approximate surface area is 161 Å². The van der Waals surface area contributed by atoms with Crippen LogP contribution in [0, 0.1) is 0 Å². The Bertz CT molecular complexity index is 1020. The fraction of sp³-hybridized carbons (Fsp3) is 0.250. The molecule has 0 aliphatic rings. The number of carbonyl (C=O) groups is 1. The summed E-state index contributed by atoms with van der Waals surface area (Å²) in [7, 11) is 1.57. The first-order valence-electron chi connectivity index (χ1n) is 8.56. The minimum atomic E-state index is -0.470. The van der Waals surface area contributed by atoms with Gasteiger partial charge in [0, 0.05) is 17.7 Å². The molecule has 0 saturated carbocycles. The average molecular weight is 386 g/mol. The quantitative estimate of drug-likeness (QED) is 0.707. The first-order chi connectivity index (χ1) is 13.0. The Balaban J connectivity index is 1.96. The number of fused-ring (bicyclic) bond motifs is 1. The third-order valence-corrected chi connectivity index (χ3v) is 4.50. The number of methoxy groups -OCH3 is 1. The molecule has 2 aromatic carbocycles. The first kappa shape index (κ1) is 19.1. The van der Waals surface area contributed by atoms with E-state index in [1.165, 1.54) is 0 Å². The number of ether oxygens (including phenoxy) is 1. The van der Waals surface area contributed by atoms with Gasteiger partial charge in [-0.3, -0.25) is 14.2 Å². The van der Waals surface area contributed by atoms with Gasteiger partial charge in [0.1, 0.15) is 5.82 Å². The lowest BCUT2D eigenvalue weighted by Crippen LogP contribution is -2.34. The summed E-state index contributed by atoms with van der Waals surface area (Å²) in [5, 5.41) is 3.99. The number of para-hydroxylation sites is 1. The lowest BCUT2D eigenvalue weighted by molar-refractivity contribution is 0.0937. The van der Waals surface area contributed by atoms with Crippen molar-refractivity contribution in [2.24, 2.45) is 0 Å². The van der Waals surface area contributed by atoms with Crippen molar-refractivity contribution in [3.8, 4) is 0 Å². The van der Waals surface area contributed by atoms with E-state index in [0.717, 1.165) is 0 Å². The fourth-order valence-electron chi connectivity index (χ4n) is 2.86. The highest BCUT2D eigenvalue weighted by molar-refractivity contribution is 6.30. The number of hydrogen-bond acceptors (Lipinski definition) is 4. The van der Waals surface area contributed by atoms with Gasteiger partial charge in [0.25, 0.3) is 11.5 Å². The van der Waals surface area contributed by atoms with Crippen molar-refractivity contribution in [3.63, 3.8) is 0 Å². The molecule has 7 heteroatoms. The molecule has 1 heterocycles. The molecule has 0 aliphatic carbocycles. The number of nitrogens with zero attached hydrogens (tertiary/aromatic N) is 2. The summed E-state index contributed by atoms with van der Waals surface area (Å²) in [4.78, 5) is 30.0. The van der Waals surface area contributed by atoms with Crippen LogP contribution in [0.2, 0.25) is 5.02 Å². The molecule has 0 aliphatic heterocycles. The van der Waals surface area contributed by atoms with Gasteiger partial charge in [0.15, 0.2) is 0 Å². The van der Waals surface area contributed by atoms with E-state index < -0.39 is 6.04 Å². The Hall–Kier alpha value is -2.70. The third-order valence-electron chi connectivity index (χ3n) is 4.25. The molecule has 0 spiro atoms. The molecule has 0 bridgehead atoms. The predicted molar refractivity (Wildman–Crippen MR) is 105 cm³/mol. The van der Waals surface area contributed by atoms with Gasteiger partial charge in [0.05, 0.1) is 30.1 Å². The van der Waals surface area contributed by atoms with Crippen LogP contribution in [0.25, 0.3) is 10.9 Å². The summed E-state index contributed by atoms with van der Waals surface area (Å²) in [6, 6.07) is 13.3. The van der Waals surface area contributed by atoms with Gasteiger partial charge < -0.3 is 10.1 Å². The molecule has 140 valence electrons. The number of nitrogens with one attached hydrogen (secondary N) is 1. The molecule has 0 saturated heterocycles. The van der Waals surface area contributed by atoms with Gasteiger partial charge in [0.2, 0.25) is 0 Å². The Morgan fingerprint density at radius 3 is 2.63 bits per heavy atom. The van der Waals surface area contributed by atoms with Crippen molar-refractivity contribution in [2.45, 2.75) is 19.5 Å². The van der Waals surface area contributed by atoms with Crippen molar-refractivity contribution in [3.05, 3.63) is 75.3 Å². The van der Waals surface area contributed by atoms with E-state index in [1.54, 1.807) is 61.1 Å². The van der Waals surface area contributed by atoms with Crippen LogP contribution in [-0.4, -0.2) is 29.2 Å². The van der Waals surface area contributed by atoms with Gasteiger partial charge >= 0.3 is 0 Å². The molecule has 3 aromatic rings. The number of hydrogen-bond donors (Lipinski definition) is 1. The molecular formula is C20H20ClN3O3. The van der Waals surface area contributed by atoms with Crippen molar-refractivity contribution in [1.29, 1.82) is 0 Å². The molecule has 3 rings (SSSR count). The molecule has 6 nitrogen and oxygen atoms in total. The van der Waals surface area contributed by atoms with Gasteiger partial charge in [-0.05, 0) is 43.3 Å². The van der Waals surface area contributed by atoms with Crippen LogP contribution in [0.4, 0.5) is 0 Å². The van der Waals surface area contributed by atoms with Crippen LogP contribution >= 0.6 is 11.6 Å². The summed E-state index contributed by atoms with van der Waals surface area (Å²) in [6.07, 6.45) is 0. The first-order valence-corrected chi connectivity index (χ1v) is 8.94. The minimum Gasteiger partial charge on any atom is -0.383 e. The maximum absolute atomic E-state index is 12.9. The van der Waals surface area contributed by atoms with Crippen LogP contribution in [0.3, 0.4) is 0 Å². The Morgan fingerprint density at radius 1 is 1.22 bits per heavy atom. The zero-order valence-electron chi connectivity index (χ0n) is 15.1. The highest BCUT2D eigenvalue weighted by Crippen LogP contribution is 2.15. The second-order valence-corrected chi connectivity index (χ2v) is 6.58. The zero-order chi connectivity index (χ0) is 19.4. The van der Waals surface area contributed by atoms with E-state index in [0.29, 0.717) is 40.5 Å². The van der Waals surface area contributed by atoms with E-state index in [2.05, 4.69) is 10.3 Å². The molecule has 1 aromatic heterocycles. The van der Waals surface area contributed by atoms with E-state index in [4.69, 9.17) is 16.3 Å². The van der Waals surface area contributed by atoms with Crippen LogP contribution in [0.1, 0.15) is 29.1 Å². The number of amides is 1. The highest BCUT2D eigenvalue weighted by Gasteiger charge is 2.19. The van der Waals surface area contributed by atoms with Gasteiger partial charge in [-0.15, -0.1) is 0 Å². The van der Waals surface area contributed by atoms with Gasteiger partial charge in [-0.25, -0.2) is 4.98 Å². The monoisotopic (exact) mass is 385 g/mol. The fourth-order valence-corrected chi connectivity index (χ4v) is 2.99. The standard InChI is InChI=1S/C20H20ClN3O3/c1-13(22-19(25)14-7-9-15(21)10-8-14)18-23-17-6-4-3-5-16(17)20(26)24(18)11-12-27-2/h3-10,13H,11-12H2,1-2H3,(H,22,25)/t13-/m1/s1. The molecule has 1 atom stereocenters. The largest absolute Gasteiger partial charge is 0.383 e. The number of rotatable bonds is 6. The molecule has 0 radical (unpaired) electrons. The van der Waals surface area contributed by atoms with E-state index in [9.17, 15) is 9.59 Å². The molecule has 0 fully saturated rings. The topological polar surface area (TPSA) is 73.2 Å². The Kier molecular flexibility index (Phi) is 5.88. The molecular weight excluding hydrogens is 366 g/mol. The van der Waals surface area contributed by atoms with Crippen molar-refractivity contribution in [1.82, 2.24) is 14.9 Å². The maximum Gasteiger partial charge on any atom is 0.261 e. The normalized spacial score (nSPS) is 12.1. The van der Waals surface area contributed by atoms with Crippen LogP contribution < -0.4 is 10.9 Å². The number of carbonyl (C=O) groups excluding carboxylic acids is 1. The van der Waals surface area contributed by atoms with Gasteiger partial charge in [-0.1, -0.05) is 23.7 Å². The summed E-state index contributed by atoms with van der Waals surface area (Å²) in [5.74, 6) is 0.220. The second-order valence-electron chi connectivity index (χ2n) is 6.14. The lowest BCUT2D eigenvalue weighted by atomic mass is 10.2. The van der Waals surface area contributed by atoms with E-state index in [1.807, 2.05) is 6.07 Å². The summed E-state index contributed by atoms with van der Waals surface area (Å²) < 4.78 is 6.68. The zero-order valence-corrected chi connectivity index (χ0v) is 15.9. The molecule has 0 unspecified atom stereocenters. The molecule has 27 heavy (non-hydrogen) atoms. The third kappa shape index (κ3) is 4.18. The molecule has 1 amide bonds. The van der Waals surface area contributed by atoms with Crippen molar-refractivity contribution >= 4 is 28.4 Å². The lowest BCUT2D eigenvalue weighted by Gasteiger charge is -2.19. The number of benzene rings is 2. The van der Waals surface area contributed by atoms with Crippen molar-refractivity contribution in [2.75, 3.05) is 13.7 Å². The van der Waals surface area contributed by atoms with Gasteiger partial charge in [-0.2, -0.15) is 0 Å². The summed E-state index contributed by atoms with van der Waals surface area (Å²) in [6.45, 7) is 2.52. The summed E-state index contributed by atoms with van der Waals surface area (Å²) in [5.41, 5.74) is 0.928. The van der Waals surface area contributed by atoms with Crippen molar-refractivity contribution < 1.29 is 9.53 Å². The summed E-state index contributed by atoms with van der Waals surface area (Å²) >= 11 is 5.87. The van der Waals surface area contributed by atoms with E-state index in [-0.39, 0.29) is 11.5 Å². The van der Waals surface area contributed by atoms with Crippen LogP contribution in [0.5, 0.6) is 0 Å². The average Bonchev–Trinajstić information content (AvgIpc) is 2.67. The smallest absolute Gasteiger partial charge is 0.261 e.